The van der Waals surface area contributed by atoms with Crippen LogP contribution >= 0.6 is 0 Å². The van der Waals surface area contributed by atoms with E-state index in [1.54, 1.807) is 30.0 Å². The zero-order chi connectivity index (χ0) is 15.0. The third-order valence-corrected chi connectivity index (χ3v) is 4.16. The number of fused-ring (bicyclic) bond motifs is 1. The highest BCUT2D eigenvalue weighted by atomic mass is 16.3. The lowest BCUT2D eigenvalue weighted by molar-refractivity contribution is 0.0757. The molecule has 0 saturated carbocycles. The Hall–Kier alpha value is -2.14. The van der Waals surface area contributed by atoms with Gasteiger partial charge in [-0.1, -0.05) is 12.1 Å². The lowest BCUT2D eigenvalue weighted by Gasteiger charge is -2.17. The number of nitrogens with one attached hydrogen (secondary N) is 1. The van der Waals surface area contributed by atoms with Gasteiger partial charge in [0.1, 0.15) is 5.69 Å². The Balaban J connectivity index is 1.91. The molecule has 3 rings (SSSR count). The summed E-state index contributed by atoms with van der Waals surface area (Å²) < 4.78 is 0. The molecular formula is C16H18N2O3. The van der Waals surface area contributed by atoms with Crippen LogP contribution in [0.4, 0.5) is 0 Å². The summed E-state index contributed by atoms with van der Waals surface area (Å²) in [5.41, 5.74) is 0.823. The molecule has 1 amide bonds. The summed E-state index contributed by atoms with van der Waals surface area (Å²) in [4.78, 5) is 29.3. The molecular weight excluding hydrogens is 268 g/mol. The summed E-state index contributed by atoms with van der Waals surface area (Å²) in [6.45, 7) is 2.89. The maximum atomic E-state index is 12.5. The smallest absolute Gasteiger partial charge is 0.270 e. The average Bonchev–Trinajstić information content (AvgIpc) is 2.96. The van der Waals surface area contributed by atoms with Crippen molar-refractivity contribution in [3.63, 3.8) is 0 Å². The number of likely N-dealkylation sites (tertiary alicyclic amines) is 1. The van der Waals surface area contributed by atoms with Gasteiger partial charge in [0.15, 0.2) is 5.43 Å². The minimum absolute atomic E-state index is 0.112. The first-order valence-corrected chi connectivity index (χ1v) is 7.15. The van der Waals surface area contributed by atoms with Crippen LogP contribution in [0.5, 0.6) is 0 Å². The molecule has 0 bridgehead atoms. The van der Waals surface area contributed by atoms with Gasteiger partial charge in [0.2, 0.25) is 0 Å². The van der Waals surface area contributed by atoms with E-state index >= 15 is 0 Å². The van der Waals surface area contributed by atoms with E-state index in [2.05, 4.69) is 4.98 Å². The maximum absolute atomic E-state index is 12.5. The Kier molecular flexibility index (Phi) is 3.51. The molecule has 2 aromatic rings. The molecule has 1 saturated heterocycles. The van der Waals surface area contributed by atoms with Crippen LogP contribution in [0.2, 0.25) is 0 Å². The number of aromatic nitrogens is 1. The molecule has 5 nitrogen and oxygen atoms in total. The summed E-state index contributed by atoms with van der Waals surface area (Å²) in [6, 6.07) is 8.51. The number of H-pyrrole nitrogens is 1. The van der Waals surface area contributed by atoms with Gasteiger partial charge in [-0.05, 0) is 25.5 Å². The molecule has 2 atom stereocenters. The number of aliphatic hydroxyl groups excluding tert-OH is 1. The fourth-order valence-electron chi connectivity index (χ4n) is 2.85. The number of para-hydroxylation sites is 1. The topological polar surface area (TPSA) is 73.4 Å². The van der Waals surface area contributed by atoms with Gasteiger partial charge < -0.3 is 15.0 Å². The van der Waals surface area contributed by atoms with Crippen LogP contribution in [0.1, 0.15) is 23.8 Å². The van der Waals surface area contributed by atoms with Crippen LogP contribution in [0, 0.1) is 5.92 Å². The average molecular weight is 286 g/mol. The summed E-state index contributed by atoms with van der Waals surface area (Å²) in [5, 5.41) is 10.2. The third kappa shape index (κ3) is 2.56. The number of hydrogen-bond donors (Lipinski definition) is 2. The molecule has 2 N–H and O–H groups in total. The van der Waals surface area contributed by atoms with Crippen molar-refractivity contribution in [2.24, 2.45) is 5.92 Å². The van der Waals surface area contributed by atoms with Crippen LogP contribution in [0.3, 0.4) is 0 Å². The Bertz CT molecular complexity index is 736. The molecule has 0 radical (unpaired) electrons. The largest absolute Gasteiger partial charge is 0.393 e. The second-order valence-electron chi connectivity index (χ2n) is 5.63. The molecule has 0 spiro atoms. The van der Waals surface area contributed by atoms with Crippen molar-refractivity contribution in [3.8, 4) is 0 Å². The van der Waals surface area contributed by atoms with Gasteiger partial charge in [-0.15, -0.1) is 0 Å². The number of benzene rings is 1. The number of nitrogens with zero attached hydrogens (tertiary/aromatic N) is 1. The quantitative estimate of drug-likeness (QED) is 0.875. The predicted octanol–water partition coefficient (Wildman–Crippen LogP) is 1.37. The van der Waals surface area contributed by atoms with Gasteiger partial charge in [-0.2, -0.15) is 0 Å². The molecule has 0 aliphatic carbocycles. The SMILES string of the molecule is CC(O)C1CCN(C(=O)c2cc(=O)c3ccccc3[nH]2)C1. The molecule has 5 heteroatoms. The van der Waals surface area contributed by atoms with Crippen molar-refractivity contribution in [2.75, 3.05) is 13.1 Å². The number of rotatable bonds is 2. The lowest BCUT2D eigenvalue weighted by Crippen LogP contribution is -2.31. The molecule has 1 fully saturated rings. The lowest BCUT2D eigenvalue weighted by atomic mass is 10.0. The Morgan fingerprint density at radius 2 is 2.19 bits per heavy atom. The normalized spacial score (nSPS) is 19.9. The highest BCUT2D eigenvalue weighted by molar-refractivity contribution is 5.95. The molecule has 2 unspecified atom stereocenters. The van der Waals surface area contributed by atoms with E-state index in [4.69, 9.17) is 0 Å². The van der Waals surface area contributed by atoms with Gasteiger partial charge in [0.25, 0.3) is 5.91 Å². The van der Waals surface area contributed by atoms with E-state index in [0.29, 0.717) is 29.7 Å². The second kappa shape index (κ2) is 5.33. The number of pyridine rings is 1. The van der Waals surface area contributed by atoms with Gasteiger partial charge in [-0.25, -0.2) is 0 Å². The minimum Gasteiger partial charge on any atom is -0.393 e. The molecule has 2 heterocycles. The van der Waals surface area contributed by atoms with Crippen LogP contribution in [0.15, 0.2) is 35.1 Å². The Morgan fingerprint density at radius 3 is 2.90 bits per heavy atom. The number of carbonyl (C=O) groups is 1. The molecule has 1 aromatic carbocycles. The van der Waals surface area contributed by atoms with Crippen LogP contribution < -0.4 is 5.43 Å². The van der Waals surface area contributed by atoms with E-state index in [1.165, 1.54) is 6.07 Å². The van der Waals surface area contributed by atoms with E-state index in [0.717, 1.165) is 6.42 Å². The van der Waals surface area contributed by atoms with E-state index in [-0.39, 0.29) is 17.3 Å². The van der Waals surface area contributed by atoms with Crippen molar-refractivity contribution in [2.45, 2.75) is 19.4 Å². The Morgan fingerprint density at radius 1 is 1.43 bits per heavy atom. The highest BCUT2D eigenvalue weighted by Crippen LogP contribution is 2.21. The van der Waals surface area contributed by atoms with Crippen molar-refractivity contribution in [1.29, 1.82) is 0 Å². The fraction of sp³-hybridized carbons (Fsp3) is 0.375. The summed E-state index contributed by atoms with van der Waals surface area (Å²) in [5.74, 6) is -0.0675. The first-order chi connectivity index (χ1) is 10.1. The van der Waals surface area contributed by atoms with Crippen molar-refractivity contribution < 1.29 is 9.90 Å². The van der Waals surface area contributed by atoms with Crippen molar-refractivity contribution in [1.82, 2.24) is 9.88 Å². The molecule has 1 aliphatic rings. The van der Waals surface area contributed by atoms with Gasteiger partial charge in [0, 0.05) is 36.0 Å². The predicted molar refractivity (Wildman–Crippen MR) is 80.3 cm³/mol. The minimum atomic E-state index is -0.418. The number of hydrogen-bond acceptors (Lipinski definition) is 3. The number of aliphatic hydroxyl groups is 1. The van der Waals surface area contributed by atoms with Crippen molar-refractivity contribution in [3.05, 3.63) is 46.2 Å². The molecule has 1 aliphatic heterocycles. The van der Waals surface area contributed by atoms with Gasteiger partial charge >= 0.3 is 0 Å². The zero-order valence-electron chi connectivity index (χ0n) is 11.9. The maximum Gasteiger partial charge on any atom is 0.270 e. The number of carbonyl (C=O) groups excluding carboxylic acids is 1. The van der Waals surface area contributed by atoms with Gasteiger partial charge in [-0.3, -0.25) is 9.59 Å². The zero-order valence-corrected chi connectivity index (χ0v) is 11.9. The van der Waals surface area contributed by atoms with Crippen molar-refractivity contribution >= 4 is 16.8 Å². The summed E-state index contributed by atoms with van der Waals surface area (Å²) >= 11 is 0. The standard InChI is InChI=1S/C16H18N2O3/c1-10(19)11-6-7-18(9-11)16(21)14-8-15(20)12-4-2-3-5-13(12)17-14/h2-5,8,10-11,19H,6-7,9H2,1H3,(H,17,20). The Labute approximate surface area is 122 Å². The van der Waals surface area contributed by atoms with E-state index in [9.17, 15) is 14.7 Å². The van der Waals surface area contributed by atoms with E-state index in [1.807, 2.05) is 6.07 Å². The number of amides is 1. The summed E-state index contributed by atoms with van der Waals surface area (Å²) in [7, 11) is 0. The second-order valence-corrected chi connectivity index (χ2v) is 5.63. The first kappa shape index (κ1) is 13.8. The molecule has 110 valence electrons. The van der Waals surface area contributed by atoms with Gasteiger partial charge in [0.05, 0.1) is 6.10 Å². The molecule has 1 aromatic heterocycles. The number of aromatic amines is 1. The first-order valence-electron chi connectivity index (χ1n) is 7.15. The van der Waals surface area contributed by atoms with Crippen LogP contribution in [0.25, 0.3) is 10.9 Å². The van der Waals surface area contributed by atoms with Crippen LogP contribution in [-0.2, 0) is 0 Å². The van der Waals surface area contributed by atoms with E-state index < -0.39 is 6.10 Å². The monoisotopic (exact) mass is 286 g/mol. The summed E-state index contributed by atoms with van der Waals surface area (Å²) in [6.07, 6.45) is 0.375. The fourth-order valence-corrected chi connectivity index (χ4v) is 2.85. The van der Waals surface area contributed by atoms with Crippen LogP contribution in [-0.4, -0.2) is 40.1 Å². The third-order valence-electron chi connectivity index (χ3n) is 4.16. The molecule has 21 heavy (non-hydrogen) atoms. The highest BCUT2D eigenvalue weighted by Gasteiger charge is 2.30.